The highest BCUT2D eigenvalue weighted by atomic mass is 19.4. The number of nitrogens with one attached hydrogen (secondary N) is 2. The maximum atomic E-state index is 12.6. The molecule has 182 valence electrons. The van der Waals surface area contributed by atoms with Gasteiger partial charge in [-0.25, -0.2) is 0 Å². The molecule has 0 unspecified atom stereocenters. The normalized spacial score (nSPS) is 27.3. The summed E-state index contributed by atoms with van der Waals surface area (Å²) < 4.78 is 54.1. The number of carbonyl (C=O) groups is 2. The Morgan fingerprint density at radius 3 is 2.64 bits per heavy atom. The van der Waals surface area contributed by atoms with Gasteiger partial charge in [0.2, 0.25) is 11.8 Å². The second-order valence-electron chi connectivity index (χ2n) is 8.63. The average Bonchev–Trinajstić information content (AvgIpc) is 3.15. The van der Waals surface area contributed by atoms with Crippen LogP contribution in [0.25, 0.3) is 0 Å². The number of ether oxygens (including phenoxy) is 3. The number of halogens is 3. The van der Waals surface area contributed by atoms with Crippen LogP contribution in [0.1, 0.15) is 37.2 Å². The minimum atomic E-state index is -4.49. The molecule has 2 fully saturated rings. The molecule has 0 aromatic heterocycles. The molecular weight excluding hydrogens is 445 g/mol. The minimum absolute atomic E-state index is 0.0758. The predicted octanol–water partition coefficient (Wildman–Crippen LogP) is 2.11. The SMILES string of the molecule is O=C(C[C@H]1C[C@@H]2c3cc(NC(=O)C4CCOCC4)ccc3O[C@@H]2[C@@H](CO)O1)NCC(F)(F)F. The lowest BCUT2D eigenvalue weighted by Gasteiger charge is -2.37. The Morgan fingerprint density at radius 1 is 1.18 bits per heavy atom. The van der Waals surface area contributed by atoms with Crippen molar-refractivity contribution in [2.75, 3.05) is 31.7 Å². The number of hydrogen-bond donors (Lipinski definition) is 3. The molecule has 4 rings (SSSR count). The highest BCUT2D eigenvalue weighted by Crippen LogP contribution is 2.47. The van der Waals surface area contributed by atoms with E-state index in [1.165, 1.54) is 0 Å². The summed E-state index contributed by atoms with van der Waals surface area (Å²) >= 11 is 0. The fraction of sp³-hybridized carbons (Fsp3) is 0.636. The Hall–Kier alpha value is -2.37. The summed E-state index contributed by atoms with van der Waals surface area (Å²) in [5.74, 6) is -0.598. The van der Waals surface area contributed by atoms with E-state index in [1.807, 2.05) is 11.4 Å². The molecule has 3 heterocycles. The lowest BCUT2D eigenvalue weighted by molar-refractivity contribution is -0.149. The van der Waals surface area contributed by atoms with Gasteiger partial charge in [0.25, 0.3) is 0 Å². The van der Waals surface area contributed by atoms with E-state index in [2.05, 4.69) is 5.32 Å². The summed E-state index contributed by atoms with van der Waals surface area (Å²) in [7, 11) is 0. The van der Waals surface area contributed by atoms with Gasteiger partial charge in [0.1, 0.15) is 24.5 Å². The zero-order valence-electron chi connectivity index (χ0n) is 17.9. The summed E-state index contributed by atoms with van der Waals surface area (Å²) in [5.41, 5.74) is 1.42. The molecule has 0 bridgehead atoms. The van der Waals surface area contributed by atoms with Crippen LogP contribution in [-0.4, -0.2) is 67.8 Å². The van der Waals surface area contributed by atoms with Crippen LogP contribution in [0.15, 0.2) is 18.2 Å². The first-order chi connectivity index (χ1) is 15.7. The molecule has 0 aliphatic carbocycles. The number of benzene rings is 1. The number of carbonyl (C=O) groups excluding carboxylic acids is 2. The number of amides is 2. The molecule has 1 aromatic rings. The molecule has 3 aliphatic rings. The van der Waals surface area contributed by atoms with Gasteiger partial charge in [-0.2, -0.15) is 13.2 Å². The largest absolute Gasteiger partial charge is 0.487 e. The summed E-state index contributed by atoms with van der Waals surface area (Å²) in [6.45, 7) is -0.653. The number of anilines is 1. The van der Waals surface area contributed by atoms with Crippen molar-refractivity contribution in [3.05, 3.63) is 23.8 Å². The van der Waals surface area contributed by atoms with Crippen molar-refractivity contribution >= 4 is 17.5 Å². The Balaban J connectivity index is 1.43. The third kappa shape index (κ3) is 5.77. The Bertz CT molecular complexity index is 874. The van der Waals surface area contributed by atoms with Crippen LogP contribution in [0.3, 0.4) is 0 Å². The molecule has 4 atom stereocenters. The van der Waals surface area contributed by atoms with Gasteiger partial charge in [0.15, 0.2) is 0 Å². The molecule has 3 aliphatic heterocycles. The van der Waals surface area contributed by atoms with Gasteiger partial charge < -0.3 is 30.0 Å². The second kappa shape index (κ2) is 9.86. The van der Waals surface area contributed by atoms with E-state index in [0.717, 1.165) is 5.56 Å². The molecule has 0 saturated carbocycles. The summed E-state index contributed by atoms with van der Waals surface area (Å²) in [6.07, 6.45) is -4.97. The zero-order valence-corrected chi connectivity index (χ0v) is 17.9. The number of fused-ring (bicyclic) bond motifs is 3. The van der Waals surface area contributed by atoms with E-state index in [0.29, 0.717) is 43.9 Å². The molecule has 2 amide bonds. The molecule has 33 heavy (non-hydrogen) atoms. The van der Waals surface area contributed by atoms with Crippen LogP contribution in [0, 0.1) is 5.92 Å². The van der Waals surface area contributed by atoms with Crippen molar-refractivity contribution in [2.45, 2.75) is 56.1 Å². The lowest BCUT2D eigenvalue weighted by atomic mass is 9.84. The highest BCUT2D eigenvalue weighted by Gasteiger charge is 2.46. The molecule has 0 radical (unpaired) electrons. The van der Waals surface area contributed by atoms with Gasteiger partial charge in [0.05, 0.1) is 19.1 Å². The van der Waals surface area contributed by atoms with Crippen LogP contribution in [0.5, 0.6) is 5.75 Å². The number of hydrogen-bond acceptors (Lipinski definition) is 6. The van der Waals surface area contributed by atoms with Crippen molar-refractivity contribution < 1.29 is 42.1 Å². The highest BCUT2D eigenvalue weighted by molar-refractivity contribution is 5.92. The van der Waals surface area contributed by atoms with Crippen molar-refractivity contribution in [3.8, 4) is 5.75 Å². The third-order valence-electron chi connectivity index (χ3n) is 6.26. The van der Waals surface area contributed by atoms with E-state index in [-0.39, 0.29) is 30.8 Å². The Kier molecular flexibility index (Phi) is 7.10. The summed E-state index contributed by atoms with van der Waals surface area (Å²) in [6, 6.07) is 5.30. The molecule has 0 spiro atoms. The van der Waals surface area contributed by atoms with Gasteiger partial charge in [0, 0.05) is 36.3 Å². The smallest absolute Gasteiger partial charge is 0.405 e. The van der Waals surface area contributed by atoms with Crippen LogP contribution in [0.2, 0.25) is 0 Å². The van der Waals surface area contributed by atoms with E-state index >= 15 is 0 Å². The number of alkyl halides is 3. The lowest BCUT2D eigenvalue weighted by Crippen LogP contribution is -2.47. The van der Waals surface area contributed by atoms with Crippen LogP contribution < -0.4 is 15.4 Å². The van der Waals surface area contributed by atoms with E-state index in [9.17, 15) is 27.9 Å². The topological polar surface area (TPSA) is 106 Å². The Morgan fingerprint density at radius 2 is 1.94 bits per heavy atom. The minimum Gasteiger partial charge on any atom is -0.487 e. The second-order valence-corrected chi connectivity index (χ2v) is 8.63. The number of rotatable bonds is 6. The van der Waals surface area contributed by atoms with Crippen molar-refractivity contribution in [3.63, 3.8) is 0 Å². The van der Waals surface area contributed by atoms with Gasteiger partial charge in [-0.1, -0.05) is 0 Å². The van der Waals surface area contributed by atoms with Gasteiger partial charge in [-0.05, 0) is 37.5 Å². The molecule has 3 N–H and O–H groups in total. The third-order valence-corrected chi connectivity index (χ3v) is 6.26. The van der Waals surface area contributed by atoms with Crippen molar-refractivity contribution in [2.24, 2.45) is 5.92 Å². The molecule has 11 heteroatoms. The zero-order chi connectivity index (χ0) is 23.6. The number of aliphatic hydroxyl groups is 1. The average molecular weight is 472 g/mol. The number of aliphatic hydroxyl groups excluding tert-OH is 1. The molecule has 2 saturated heterocycles. The predicted molar refractivity (Wildman–Crippen MR) is 110 cm³/mol. The Labute approximate surface area is 188 Å². The van der Waals surface area contributed by atoms with Crippen LogP contribution >= 0.6 is 0 Å². The van der Waals surface area contributed by atoms with E-state index in [1.54, 1.807) is 12.1 Å². The maximum absolute atomic E-state index is 12.6. The standard InChI is InChI=1S/C22H27F3N2O6/c23-22(24,25)11-26-19(29)9-14-8-16-15-7-13(27-21(30)12-3-5-31-6-4-12)1-2-17(15)33-20(16)18(10-28)32-14/h1-2,7,12,14,16,18,20,28H,3-6,8-11H2,(H,26,29)(H,27,30)/t14-,16-,18-,20+/m1/s1. The monoisotopic (exact) mass is 472 g/mol. The van der Waals surface area contributed by atoms with Gasteiger partial charge in [-0.3, -0.25) is 9.59 Å². The van der Waals surface area contributed by atoms with E-state index < -0.39 is 36.9 Å². The molecule has 8 nitrogen and oxygen atoms in total. The quantitative estimate of drug-likeness (QED) is 0.586. The van der Waals surface area contributed by atoms with Crippen molar-refractivity contribution in [1.29, 1.82) is 0 Å². The van der Waals surface area contributed by atoms with Crippen molar-refractivity contribution in [1.82, 2.24) is 5.32 Å². The molecular formula is C22H27F3N2O6. The fourth-order valence-corrected chi connectivity index (χ4v) is 4.65. The molecule has 1 aromatic carbocycles. The van der Waals surface area contributed by atoms with Crippen LogP contribution in [-0.2, 0) is 19.1 Å². The van der Waals surface area contributed by atoms with E-state index in [4.69, 9.17) is 14.2 Å². The first kappa shape index (κ1) is 23.8. The summed E-state index contributed by atoms with van der Waals surface area (Å²) in [4.78, 5) is 24.6. The van der Waals surface area contributed by atoms with Gasteiger partial charge >= 0.3 is 6.18 Å². The van der Waals surface area contributed by atoms with Gasteiger partial charge in [-0.15, -0.1) is 0 Å². The first-order valence-corrected chi connectivity index (χ1v) is 11.0. The maximum Gasteiger partial charge on any atom is 0.405 e. The fourth-order valence-electron chi connectivity index (χ4n) is 4.65. The van der Waals surface area contributed by atoms with Crippen LogP contribution in [0.4, 0.5) is 18.9 Å². The first-order valence-electron chi connectivity index (χ1n) is 11.0. The summed E-state index contributed by atoms with van der Waals surface area (Å²) in [5, 5.41) is 14.6.